The topological polar surface area (TPSA) is 49.3 Å². The Morgan fingerprint density at radius 1 is 0.857 bits per heavy atom. The van der Waals surface area contributed by atoms with Gasteiger partial charge in [0.05, 0.1) is 6.10 Å². The monoisotopic (exact) mass is 309 g/mol. The summed E-state index contributed by atoms with van der Waals surface area (Å²) in [5.74, 6) is -12.3. The van der Waals surface area contributed by atoms with E-state index in [4.69, 9.17) is 0 Å². The normalized spacial score (nSPS) is 22.2. The molecule has 1 fully saturated rings. The van der Waals surface area contributed by atoms with Crippen LogP contribution in [-0.2, 0) is 0 Å². The van der Waals surface area contributed by atoms with Crippen molar-refractivity contribution in [3.63, 3.8) is 0 Å². The number of aliphatic hydroxyl groups excluding tert-OH is 1. The van der Waals surface area contributed by atoms with E-state index >= 15 is 0 Å². The van der Waals surface area contributed by atoms with Crippen molar-refractivity contribution in [2.45, 2.75) is 37.8 Å². The number of hydrogen-bond acceptors (Lipinski definition) is 2. The van der Waals surface area contributed by atoms with Gasteiger partial charge < -0.3 is 10.4 Å². The first-order valence-electron chi connectivity index (χ1n) is 6.33. The van der Waals surface area contributed by atoms with Crippen LogP contribution in [0.1, 0.15) is 36.0 Å². The number of carbonyl (C=O) groups is 1. The molecule has 116 valence electrons. The van der Waals surface area contributed by atoms with E-state index in [-0.39, 0.29) is 0 Å². The fourth-order valence-corrected chi connectivity index (χ4v) is 2.28. The molecular formula is C13H12F5NO2. The summed E-state index contributed by atoms with van der Waals surface area (Å²) in [5.41, 5.74) is -1.49. The molecule has 1 saturated carbocycles. The maximum atomic E-state index is 13.4. The van der Waals surface area contributed by atoms with E-state index in [2.05, 4.69) is 5.32 Å². The highest BCUT2D eigenvalue weighted by Crippen LogP contribution is 2.24. The third-order valence-corrected chi connectivity index (χ3v) is 3.47. The predicted octanol–water partition coefficient (Wildman–Crippen LogP) is 2.42. The summed E-state index contributed by atoms with van der Waals surface area (Å²) in [6.07, 6.45) is 1.00. The van der Waals surface area contributed by atoms with Gasteiger partial charge in [-0.05, 0) is 25.7 Å². The fraction of sp³-hybridized carbons (Fsp3) is 0.462. The Morgan fingerprint density at radius 3 is 1.76 bits per heavy atom. The Hall–Kier alpha value is -1.70. The second kappa shape index (κ2) is 5.97. The van der Waals surface area contributed by atoms with Gasteiger partial charge >= 0.3 is 0 Å². The van der Waals surface area contributed by atoms with Crippen LogP contribution in [0.4, 0.5) is 22.0 Å². The molecule has 2 rings (SSSR count). The van der Waals surface area contributed by atoms with Crippen LogP contribution in [0.15, 0.2) is 0 Å². The summed E-state index contributed by atoms with van der Waals surface area (Å²) >= 11 is 0. The molecule has 1 amide bonds. The smallest absolute Gasteiger partial charge is 0.257 e. The first-order chi connectivity index (χ1) is 9.82. The molecular weight excluding hydrogens is 297 g/mol. The molecule has 0 bridgehead atoms. The molecule has 21 heavy (non-hydrogen) atoms. The maximum absolute atomic E-state index is 13.4. The molecule has 0 radical (unpaired) electrons. The number of hydrogen-bond donors (Lipinski definition) is 2. The largest absolute Gasteiger partial charge is 0.393 e. The Kier molecular flexibility index (Phi) is 4.46. The summed E-state index contributed by atoms with van der Waals surface area (Å²) < 4.78 is 65.8. The minimum atomic E-state index is -2.30. The molecule has 2 N–H and O–H groups in total. The van der Waals surface area contributed by atoms with Gasteiger partial charge in [-0.1, -0.05) is 0 Å². The van der Waals surface area contributed by atoms with Crippen LogP contribution in [-0.4, -0.2) is 23.2 Å². The van der Waals surface area contributed by atoms with Crippen molar-refractivity contribution in [2.75, 3.05) is 0 Å². The molecule has 1 aromatic rings. The Labute approximate surface area is 116 Å². The first-order valence-corrected chi connectivity index (χ1v) is 6.33. The number of benzene rings is 1. The van der Waals surface area contributed by atoms with Crippen LogP contribution < -0.4 is 5.32 Å². The number of carbonyl (C=O) groups excluding carboxylic acids is 1. The number of aliphatic hydroxyl groups is 1. The van der Waals surface area contributed by atoms with E-state index in [1.165, 1.54) is 0 Å². The van der Waals surface area contributed by atoms with Crippen molar-refractivity contribution in [3.05, 3.63) is 34.6 Å². The minimum Gasteiger partial charge on any atom is -0.393 e. The second-order valence-electron chi connectivity index (χ2n) is 4.92. The van der Waals surface area contributed by atoms with Gasteiger partial charge in [-0.25, -0.2) is 22.0 Å². The molecule has 1 aliphatic rings. The molecule has 3 nitrogen and oxygen atoms in total. The zero-order valence-electron chi connectivity index (χ0n) is 10.7. The summed E-state index contributed by atoms with van der Waals surface area (Å²) in [5, 5.41) is 11.5. The number of nitrogens with one attached hydrogen (secondary N) is 1. The third-order valence-electron chi connectivity index (χ3n) is 3.47. The van der Waals surface area contributed by atoms with E-state index < -0.39 is 52.7 Å². The summed E-state index contributed by atoms with van der Waals surface area (Å²) in [4.78, 5) is 11.7. The highest BCUT2D eigenvalue weighted by molar-refractivity contribution is 5.95. The maximum Gasteiger partial charge on any atom is 0.257 e. The lowest BCUT2D eigenvalue weighted by Crippen LogP contribution is -2.39. The Balaban J connectivity index is 2.24. The van der Waals surface area contributed by atoms with Gasteiger partial charge in [0.2, 0.25) is 5.82 Å². The average Bonchev–Trinajstić information content (AvgIpc) is 2.46. The predicted molar refractivity (Wildman–Crippen MR) is 62.0 cm³/mol. The molecule has 0 atom stereocenters. The Morgan fingerprint density at radius 2 is 1.29 bits per heavy atom. The quantitative estimate of drug-likeness (QED) is 0.501. The van der Waals surface area contributed by atoms with E-state index in [1.54, 1.807) is 0 Å². The zero-order valence-corrected chi connectivity index (χ0v) is 10.7. The lowest BCUT2D eigenvalue weighted by molar-refractivity contribution is 0.0857. The van der Waals surface area contributed by atoms with Crippen molar-refractivity contribution in [1.29, 1.82) is 0 Å². The van der Waals surface area contributed by atoms with Crippen molar-refractivity contribution in [1.82, 2.24) is 5.32 Å². The first kappa shape index (κ1) is 15.7. The molecule has 8 heteroatoms. The zero-order chi connectivity index (χ0) is 15.7. The van der Waals surface area contributed by atoms with Crippen LogP contribution in [0.25, 0.3) is 0 Å². The van der Waals surface area contributed by atoms with Crippen molar-refractivity contribution in [3.8, 4) is 0 Å². The van der Waals surface area contributed by atoms with E-state index in [0.29, 0.717) is 25.7 Å². The van der Waals surface area contributed by atoms with Crippen LogP contribution in [0.3, 0.4) is 0 Å². The average molecular weight is 309 g/mol. The van der Waals surface area contributed by atoms with Crippen molar-refractivity contribution >= 4 is 5.91 Å². The molecule has 0 aromatic heterocycles. The Bertz CT molecular complexity index is 541. The lowest BCUT2D eigenvalue weighted by atomic mass is 9.93. The summed E-state index contributed by atoms with van der Waals surface area (Å²) in [7, 11) is 0. The van der Waals surface area contributed by atoms with Crippen molar-refractivity contribution in [2.24, 2.45) is 0 Å². The third kappa shape index (κ3) is 2.99. The van der Waals surface area contributed by atoms with Crippen LogP contribution in [0, 0.1) is 29.1 Å². The number of rotatable bonds is 2. The molecule has 0 unspecified atom stereocenters. The van der Waals surface area contributed by atoms with Gasteiger partial charge in [-0.3, -0.25) is 4.79 Å². The van der Waals surface area contributed by atoms with Gasteiger partial charge in [-0.2, -0.15) is 0 Å². The van der Waals surface area contributed by atoms with Gasteiger partial charge in [-0.15, -0.1) is 0 Å². The van der Waals surface area contributed by atoms with Crippen LogP contribution in [0.5, 0.6) is 0 Å². The van der Waals surface area contributed by atoms with Gasteiger partial charge in [0.1, 0.15) is 5.56 Å². The highest BCUT2D eigenvalue weighted by Gasteiger charge is 2.31. The molecule has 0 heterocycles. The number of halogens is 5. The molecule has 1 aromatic carbocycles. The molecule has 0 aliphatic heterocycles. The van der Waals surface area contributed by atoms with Crippen molar-refractivity contribution < 1.29 is 31.9 Å². The van der Waals surface area contributed by atoms with Crippen LogP contribution in [0.2, 0.25) is 0 Å². The van der Waals surface area contributed by atoms with E-state index in [9.17, 15) is 31.9 Å². The molecule has 0 saturated heterocycles. The standard InChI is InChI=1S/C13H12F5NO2/c14-8-7(9(15)11(17)12(18)10(8)16)13(21)19-5-1-3-6(20)4-2-5/h5-6,20H,1-4H2,(H,19,21). The van der Waals surface area contributed by atoms with Gasteiger partial charge in [0, 0.05) is 6.04 Å². The minimum absolute atomic E-state index is 0.363. The van der Waals surface area contributed by atoms with Gasteiger partial charge in [0.25, 0.3) is 5.91 Å². The summed E-state index contributed by atoms with van der Waals surface area (Å²) in [6.45, 7) is 0. The van der Waals surface area contributed by atoms with E-state index in [0.717, 1.165) is 0 Å². The molecule has 1 aliphatic carbocycles. The summed E-state index contributed by atoms with van der Waals surface area (Å²) in [6, 6.07) is -0.476. The highest BCUT2D eigenvalue weighted by atomic mass is 19.2. The number of amides is 1. The fourth-order valence-electron chi connectivity index (χ4n) is 2.28. The second-order valence-corrected chi connectivity index (χ2v) is 4.92. The lowest BCUT2D eigenvalue weighted by Gasteiger charge is -2.26. The van der Waals surface area contributed by atoms with E-state index in [1.807, 2.05) is 0 Å². The SMILES string of the molecule is O=C(NC1CCC(O)CC1)c1c(F)c(F)c(F)c(F)c1F. The van der Waals surface area contributed by atoms with Crippen LogP contribution >= 0.6 is 0 Å². The molecule has 0 spiro atoms. The van der Waals surface area contributed by atoms with Gasteiger partial charge in [0.15, 0.2) is 23.3 Å².